The average Bonchev–Trinajstić information content (AvgIpc) is 2.43. The van der Waals surface area contributed by atoms with Gasteiger partial charge in [-0.1, -0.05) is 25.8 Å². The van der Waals surface area contributed by atoms with E-state index in [9.17, 15) is 8.78 Å². The Morgan fingerprint density at radius 1 is 1.25 bits per heavy atom. The molecular formula is C17H25F2N. The summed E-state index contributed by atoms with van der Waals surface area (Å²) in [5, 5.41) is 3.37. The van der Waals surface area contributed by atoms with E-state index >= 15 is 0 Å². The fraction of sp³-hybridized carbons (Fsp3) is 0.647. The maximum atomic E-state index is 13.8. The lowest BCUT2D eigenvalue weighted by Crippen LogP contribution is -2.39. The SMILES string of the molecule is CCCC1CCC(NC)C(Cc2ccc(F)cc2F)C1. The summed E-state index contributed by atoms with van der Waals surface area (Å²) in [5.74, 6) is 0.310. The Morgan fingerprint density at radius 3 is 2.70 bits per heavy atom. The minimum absolute atomic E-state index is 0.405. The van der Waals surface area contributed by atoms with Crippen LogP contribution in [-0.4, -0.2) is 13.1 Å². The fourth-order valence-corrected chi connectivity index (χ4v) is 3.61. The smallest absolute Gasteiger partial charge is 0.129 e. The van der Waals surface area contributed by atoms with E-state index in [0.717, 1.165) is 24.8 Å². The lowest BCUT2D eigenvalue weighted by Gasteiger charge is -2.36. The molecule has 1 saturated carbocycles. The second-order valence-corrected chi connectivity index (χ2v) is 6.06. The Kier molecular flexibility index (Phi) is 5.53. The summed E-state index contributed by atoms with van der Waals surface area (Å²) in [6.07, 6.45) is 6.76. The minimum Gasteiger partial charge on any atom is -0.317 e. The first-order valence-electron chi connectivity index (χ1n) is 7.75. The minimum atomic E-state index is -0.496. The maximum Gasteiger partial charge on any atom is 0.129 e. The van der Waals surface area contributed by atoms with Gasteiger partial charge in [-0.15, -0.1) is 0 Å². The van der Waals surface area contributed by atoms with Gasteiger partial charge in [-0.3, -0.25) is 0 Å². The molecule has 0 radical (unpaired) electrons. The molecule has 1 aliphatic rings. The zero-order valence-corrected chi connectivity index (χ0v) is 12.5. The summed E-state index contributed by atoms with van der Waals surface area (Å²) in [4.78, 5) is 0. The van der Waals surface area contributed by atoms with Gasteiger partial charge in [0.05, 0.1) is 0 Å². The van der Waals surface area contributed by atoms with E-state index in [4.69, 9.17) is 0 Å². The van der Waals surface area contributed by atoms with Gasteiger partial charge in [0.1, 0.15) is 11.6 Å². The molecule has 3 unspecified atom stereocenters. The predicted octanol–water partition coefficient (Wildman–Crippen LogP) is 4.31. The number of hydrogen-bond acceptors (Lipinski definition) is 1. The summed E-state index contributed by atoms with van der Waals surface area (Å²) in [6, 6.07) is 4.41. The number of halogens is 2. The topological polar surface area (TPSA) is 12.0 Å². The van der Waals surface area contributed by atoms with Gasteiger partial charge in [-0.2, -0.15) is 0 Å². The van der Waals surface area contributed by atoms with E-state index < -0.39 is 11.6 Å². The molecule has 0 saturated heterocycles. The van der Waals surface area contributed by atoms with Crippen LogP contribution in [-0.2, 0) is 6.42 Å². The van der Waals surface area contributed by atoms with Crippen LogP contribution < -0.4 is 5.32 Å². The van der Waals surface area contributed by atoms with E-state index in [2.05, 4.69) is 12.2 Å². The molecule has 1 fully saturated rings. The Morgan fingerprint density at radius 2 is 2.05 bits per heavy atom. The standard InChI is InChI=1S/C17H25F2N/c1-3-4-12-5-8-17(20-2)14(9-12)10-13-6-7-15(18)11-16(13)19/h6-7,11-12,14,17,20H,3-5,8-10H2,1-2H3. The summed E-state index contributed by atoms with van der Waals surface area (Å²) in [5.41, 5.74) is 0.647. The van der Waals surface area contributed by atoms with E-state index in [1.165, 1.54) is 25.3 Å². The molecule has 0 bridgehead atoms. The predicted molar refractivity (Wildman–Crippen MR) is 78.6 cm³/mol. The van der Waals surface area contributed by atoms with Crippen LogP contribution in [0.4, 0.5) is 8.78 Å². The van der Waals surface area contributed by atoms with Crippen LogP contribution in [0.25, 0.3) is 0 Å². The van der Waals surface area contributed by atoms with Crippen molar-refractivity contribution in [2.45, 2.75) is 51.5 Å². The van der Waals surface area contributed by atoms with Gasteiger partial charge < -0.3 is 5.32 Å². The van der Waals surface area contributed by atoms with Crippen molar-refractivity contribution in [3.8, 4) is 0 Å². The lowest BCUT2D eigenvalue weighted by molar-refractivity contribution is 0.199. The Balaban J connectivity index is 2.07. The number of hydrogen-bond donors (Lipinski definition) is 1. The zero-order valence-electron chi connectivity index (χ0n) is 12.5. The molecule has 0 spiro atoms. The summed E-state index contributed by atoms with van der Waals surface area (Å²) in [6.45, 7) is 2.22. The van der Waals surface area contributed by atoms with Gasteiger partial charge in [0, 0.05) is 12.1 Å². The van der Waals surface area contributed by atoms with Crippen molar-refractivity contribution >= 4 is 0 Å². The molecule has 0 heterocycles. The molecular weight excluding hydrogens is 256 g/mol. The third kappa shape index (κ3) is 3.78. The van der Waals surface area contributed by atoms with Gasteiger partial charge in [0.2, 0.25) is 0 Å². The second kappa shape index (κ2) is 7.16. The third-order valence-electron chi connectivity index (χ3n) is 4.66. The van der Waals surface area contributed by atoms with Crippen molar-refractivity contribution in [2.75, 3.05) is 7.05 Å². The number of rotatable bonds is 5. The highest BCUT2D eigenvalue weighted by atomic mass is 19.1. The van der Waals surface area contributed by atoms with Crippen LogP contribution in [0.2, 0.25) is 0 Å². The highest BCUT2D eigenvalue weighted by Crippen LogP contribution is 2.34. The Labute approximate surface area is 120 Å². The normalized spacial score (nSPS) is 26.7. The van der Waals surface area contributed by atoms with Crippen LogP contribution in [0.15, 0.2) is 18.2 Å². The highest BCUT2D eigenvalue weighted by molar-refractivity contribution is 5.19. The summed E-state index contributed by atoms with van der Waals surface area (Å²) in [7, 11) is 1.98. The molecule has 112 valence electrons. The van der Waals surface area contributed by atoms with Crippen molar-refractivity contribution in [1.29, 1.82) is 0 Å². The first kappa shape index (κ1) is 15.4. The van der Waals surface area contributed by atoms with Gasteiger partial charge >= 0.3 is 0 Å². The third-order valence-corrected chi connectivity index (χ3v) is 4.66. The van der Waals surface area contributed by atoms with Crippen molar-refractivity contribution in [2.24, 2.45) is 11.8 Å². The van der Waals surface area contributed by atoms with Crippen molar-refractivity contribution in [1.82, 2.24) is 5.32 Å². The van der Waals surface area contributed by atoms with Gasteiger partial charge in [-0.05, 0) is 56.2 Å². The van der Waals surface area contributed by atoms with Crippen LogP contribution >= 0.6 is 0 Å². The zero-order chi connectivity index (χ0) is 14.5. The number of nitrogens with one attached hydrogen (secondary N) is 1. The molecule has 20 heavy (non-hydrogen) atoms. The van der Waals surface area contributed by atoms with Gasteiger partial charge in [0.15, 0.2) is 0 Å². The van der Waals surface area contributed by atoms with Crippen molar-refractivity contribution in [3.05, 3.63) is 35.4 Å². The monoisotopic (exact) mass is 281 g/mol. The largest absolute Gasteiger partial charge is 0.317 e. The first-order chi connectivity index (χ1) is 9.63. The first-order valence-corrected chi connectivity index (χ1v) is 7.75. The van der Waals surface area contributed by atoms with Crippen LogP contribution in [0.1, 0.15) is 44.6 Å². The molecule has 1 aromatic carbocycles. The van der Waals surface area contributed by atoms with Crippen LogP contribution in [0.5, 0.6) is 0 Å². The molecule has 3 atom stereocenters. The molecule has 1 aliphatic carbocycles. The number of benzene rings is 1. The fourth-order valence-electron chi connectivity index (χ4n) is 3.61. The van der Waals surface area contributed by atoms with Crippen LogP contribution in [0, 0.1) is 23.5 Å². The van der Waals surface area contributed by atoms with Gasteiger partial charge in [-0.25, -0.2) is 8.78 Å². The summed E-state index contributed by atoms with van der Waals surface area (Å²) >= 11 is 0. The molecule has 1 N–H and O–H groups in total. The average molecular weight is 281 g/mol. The molecule has 2 rings (SSSR count). The quantitative estimate of drug-likeness (QED) is 0.848. The van der Waals surface area contributed by atoms with Crippen LogP contribution in [0.3, 0.4) is 0 Å². The van der Waals surface area contributed by atoms with E-state index in [1.54, 1.807) is 6.07 Å². The van der Waals surface area contributed by atoms with Crippen molar-refractivity contribution < 1.29 is 8.78 Å². The molecule has 0 amide bonds. The van der Waals surface area contributed by atoms with E-state index in [0.29, 0.717) is 23.9 Å². The molecule has 0 aliphatic heterocycles. The lowest BCUT2D eigenvalue weighted by atomic mass is 9.74. The van der Waals surface area contributed by atoms with Gasteiger partial charge in [0.25, 0.3) is 0 Å². The maximum absolute atomic E-state index is 13.8. The Hall–Kier alpha value is -0.960. The van der Waals surface area contributed by atoms with Crippen molar-refractivity contribution in [3.63, 3.8) is 0 Å². The highest BCUT2D eigenvalue weighted by Gasteiger charge is 2.29. The second-order valence-electron chi connectivity index (χ2n) is 6.06. The van der Waals surface area contributed by atoms with E-state index in [-0.39, 0.29) is 0 Å². The van der Waals surface area contributed by atoms with E-state index in [1.807, 2.05) is 7.05 Å². The molecule has 1 aromatic rings. The Bertz CT molecular complexity index is 433. The summed E-state index contributed by atoms with van der Waals surface area (Å²) < 4.78 is 26.8. The molecule has 0 aromatic heterocycles. The molecule has 1 nitrogen and oxygen atoms in total. The molecule has 3 heteroatoms.